The van der Waals surface area contributed by atoms with Gasteiger partial charge in [-0.2, -0.15) is 11.8 Å². The number of aliphatic hydroxyl groups is 1. The smallest absolute Gasteiger partial charge is 0.270 e. The van der Waals surface area contributed by atoms with Crippen LogP contribution in [0.2, 0.25) is 0 Å². The van der Waals surface area contributed by atoms with Gasteiger partial charge in [-0.05, 0) is 24.5 Å². The summed E-state index contributed by atoms with van der Waals surface area (Å²) in [5, 5.41) is 29.4. The third kappa shape index (κ3) is 4.88. The molecule has 2 N–H and O–H groups in total. The first-order valence-electron chi connectivity index (χ1n) is 5.69. The van der Waals surface area contributed by atoms with E-state index in [0.29, 0.717) is 6.42 Å². The van der Waals surface area contributed by atoms with Crippen molar-refractivity contribution >= 4 is 23.7 Å². The zero-order valence-corrected chi connectivity index (χ0v) is 11.3. The lowest BCUT2D eigenvalue weighted by Gasteiger charge is -2.07. The van der Waals surface area contributed by atoms with Gasteiger partial charge in [0.05, 0.1) is 17.6 Å². The van der Waals surface area contributed by atoms with Gasteiger partial charge in [-0.1, -0.05) is 0 Å². The number of aromatic hydroxyl groups is 1. The number of aliphatic hydroxyl groups excluding tert-OH is 1. The molecule has 0 fully saturated rings. The third-order valence-electron chi connectivity index (χ3n) is 2.51. The molecule has 0 saturated carbocycles. The normalized spacial score (nSPS) is 12.7. The fraction of sp³-hybridized carbons (Fsp3) is 0.417. The van der Waals surface area contributed by atoms with Gasteiger partial charge >= 0.3 is 0 Å². The molecule has 1 atom stereocenters. The maximum atomic E-state index is 10.6. The van der Waals surface area contributed by atoms with Gasteiger partial charge in [0.15, 0.2) is 0 Å². The van der Waals surface area contributed by atoms with E-state index in [1.54, 1.807) is 11.8 Å². The monoisotopic (exact) mass is 284 g/mol. The van der Waals surface area contributed by atoms with E-state index in [1.165, 1.54) is 24.4 Å². The van der Waals surface area contributed by atoms with E-state index in [2.05, 4.69) is 4.99 Å². The number of nitro groups is 1. The summed E-state index contributed by atoms with van der Waals surface area (Å²) in [4.78, 5) is 14.2. The Hall–Kier alpha value is -1.60. The van der Waals surface area contributed by atoms with Gasteiger partial charge in [0, 0.05) is 23.9 Å². The van der Waals surface area contributed by atoms with Crippen molar-refractivity contribution in [3.63, 3.8) is 0 Å². The lowest BCUT2D eigenvalue weighted by molar-refractivity contribution is -0.384. The maximum absolute atomic E-state index is 10.6. The van der Waals surface area contributed by atoms with Crippen molar-refractivity contribution in [2.45, 2.75) is 12.5 Å². The van der Waals surface area contributed by atoms with Gasteiger partial charge in [0.1, 0.15) is 5.75 Å². The maximum Gasteiger partial charge on any atom is 0.270 e. The van der Waals surface area contributed by atoms with Crippen LogP contribution in [-0.4, -0.2) is 46.0 Å². The highest BCUT2D eigenvalue weighted by Gasteiger charge is 2.09. The van der Waals surface area contributed by atoms with Crippen molar-refractivity contribution in [1.82, 2.24) is 0 Å². The SMILES string of the molecule is CSCC[C@@H](CO)N=Cc1cc([N+](=O)[O-])ccc1O. The van der Waals surface area contributed by atoms with Crippen LogP contribution in [0.5, 0.6) is 5.75 Å². The molecule has 0 amide bonds. The summed E-state index contributed by atoms with van der Waals surface area (Å²) in [5.41, 5.74) is 0.167. The lowest BCUT2D eigenvalue weighted by Crippen LogP contribution is -2.11. The fourth-order valence-electron chi connectivity index (χ4n) is 1.41. The molecule has 1 aromatic carbocycles. The first-order valence-corrected chi connectivity index (χ1v) is 7.08. The van der Waals surface area contributed by atoms with Crippen molar-refractivity contribution in [3.8, 4) is 5.75 Å². The third-order valence-corrected chi connectivity index (χ3v) is 3.16. The van der Waals surface area contributed by atoms with E-state index >= 15 is 0 Å². The van der Waals surface area contributed by atoms with Crippen LogP contribution in [0.15, 0.2) is 23.2 Å². The van der Waals surface area contributed by atoms with E-state index in [-0.39, 0.29) is 29.6 Å². The number of nitrogens with zero attached hydrogens (tertiary/aromatic N) is 2. The molecule has 7 heteroatoms. The van der Waals surface area contributed by atoms with Crippen molar-refractivity contribution in [3.05, 3.63) is 33.9 Å². The standard InChI is InChI=1S/C12H16N2O4S/c1-19-5-4-10(8-15)13-7-9-6-11(14(17)18)2-3-12(9)16/h2-3,6-7,10,15-16H,4-5,8H2,1H3/t10-/m0/s1. The predicted molar refractivity (Wildman–Crippen MR) is 76.2 cm³/mol. The molecule has 0 radical (unpaired) electrons. The molecular formula is C12H16N2O4S. The van der Waals surface area contributed by atoms with Gasteiger partial charge in [0.2, 0.25) is 0 Å². The Labute approximate surface area is 115 Å². The molecule has 0 bridgehead atoms. The summed E-state index contributed by atoms with van der Waals surface area (Å²) < 4.78 is 0. The summed E-state index contributed by atoms with van der Waals surface area (Å²) in [7, 11) is 0. The largest absolute Gasteiger partial charge is 0.507 e. The zero-order valence-electron chi connectivity index (χ0n) is 10.5. The molecular weight excluding hydrogens is 268 g/mol. The predicted octanol–water partition coefficient (Wildman–Crippen LogP) is 1.83. The minimum atomic E-state index is -0.534. The number of hydrogen-bond donors (Lipinski definition) is 2. The van der Waals surface area contributed by atoms with E-state index in [9.17, 15) is 15.2 Å². The van der Waals surface area contributed by atoms with E-state index < -0.39 is 4.92 Å². The molecule has 0 aromatic heterocycles. The second-order valence-electron chi connectivity index (χ2n) is 3.90. The second-order valence-corrected chi connectivity index (χ2v) is 4.88. The Balaban J connectivity index is 2.84. The van der Waals surface area contributed by atoms with Gasteiger partial charge in [0.25, 0.3) is 5.69 Å². The molecule has 0 aliphatic heterocycles. The minimum Gasteiger partial charge on any atom is -0.507 e. The van der Waals surface area contributed by atoms with Gasteiger partial charge in [-0.25, -0.2) is 0 Å². The molecule has 1 aromatic rings. The number of benzene rings is 1. The molecule has 0 saturated heterocycles. The molecule has 0 aliphatic carbocycles. The molecule has 19 heavy (non-hydrogen) atoms. The molecule has 0 heterocycles. The van der Waals surface area contributed by atoms with Crippen LogP contribution in [0.1, 0.15) is 12.0 Å². The van der Waals surface area contributed by atoms with Crippen LogP contribution in [0, 0.1) is 10.1 Å². The number of thioether (sulfide) groups is 1. The van der Waals surface area contributed by atoms with Crippen molar-refractivity contribution in [2.75, 3.05) is 18.6 Å². The highest BCUT2D eigenvalue weighted by molar-refractivity contribution is 7.98. The average molecular weight is 284 g/mol. The highest BCUT2D eigenvalue weighted by atomic mass is 32.2. The average Bonchev–Trinajstić information content (AvgIpc) is 2.40. The van der Waals surface area contributed by atoms with Crippen LogP contribution >= 0.6 is 11.8 Å². The number of aliphatic imine (C=N–C) groups is 1. The van der Waals surface area contributed by atoms with Crippen LogP contribution < -0.4 is 0 Å². The van der Waals surface area contributed by atoms with Crippen molar-refractivity contribution in [2.24, 2.45) is 4.99 Å². The number of phenols is 1. The Bertz CT molecular complexity index is 465. The summed E-state index contributed by atoms with van der Waals surface area (Å²) in [6, 6.07) is 3.48. The van der Waals surface area contributed by atoms with Crippen LogP contribution in [0.25, 0.3) is 0 Å². The number of non-ortho nitro benzene ring substituents is 1. The van der Waals surface area contributed by atoms with Gasteiger partial charge < -0.3 is 10.2 Å². The summed E-state index contributed by atoms with van der Waals surface area (Å²) in [6.45, 7) is -0.0905. The summed E-state index contributed by atoms with van der Waals surface area (Å²) in [6.07, 6.45) is 4.04. The Morgan fingerprint density at radius 3 is 2.89 bits per heavy atom. The number of hydrogen-bond acceptors (Lipinski definition) is 6. The minimum absolute atomic E-state index is 0.0732. The zero-order chi connectivity index (χ0) is 14.3. The summed E-state index contributed by atoms with van der Waals surface area (Å²) in [5.74, 6) is 0.791. The Morgan fingerprint density at radius 1 is 1.58 bits per heavy atom. The molecule has 0 unspecified atom stereocenters. The van der Waals surface area contributed by atoms with Crippen LogP contribution in [-0.2, 0) is 0 Å². The molecule has 0 aliphatic rings. The lowest BCUT2D eigenvalue weighted by atomic mass is 10.2. The topological polar surface area (TPSA) is 96.0 Å². The Kier molecular flexibility index (Phi) is 6.31. The van der Waals surface area contributed by atoms with Crippen molar-refractivity contribution < 1.29 is 15.1 Å². The second kappa shape index (κ2) is 7.75. The van der Waals surface area contributed by atoms with Crippen LogP contribution in [0.3, 0.4) is 0 Å². The van der Waals surface area contributed by atoms with Crippen molar-refractivity contribution in [1.29, 1.82) is 0 Å². The van der Waals surface area contributed by atoms with E-state index in [0.717, 1.165) is 5.75 Å². The molecule has 6 nitrogen and oxygen atoms in total. The molecule has 0 spiro atoms. The number of rotatable bonds is 7. The first kappa shape index (κ1) is 15.5. The highest BCUT2D eigenvalue weighted by Crippen LogP contribution is 2.21. The molecule has 1 rings (SSSR count). The van der Waals surface area contributed by atoms with Gasteiger partial charge in [-0.15, -0.1) is 0 Å². The summed E-state index contributed by atoms with van der Waals surface area (Å²) >= 11 is 1.65. The van der Waals surface area contributed by atoms with E-state index in [4.69, 9.17) is 5.11 Å². The van der Waals surface area contributed by atoms with Crippen LogP contribution in [0.4, 0.5) is 5.69 Å². The fourth-order valence-corrected chi connectivity index (χ4v) is 1.92. The number of phenolic OH excluding ortho intramolecular Hbond substituents is 1. The Morgan fingerprint density at radius 2 is 2.32 bits per heavy atom. The quantitative estimate of drug-likeness (QED) is 0.452. The molecule has 104 valence electrons. The van der Waals surface area contributed by atoms with E-state index in [1.807, 2.05) is 6.26 Å². The van der Waals surface area contributed by atoms with Gasteiger partial charge in [-0.3, -0.25) is 15.1 Å². The first-order chi connectivity index (χ1) is 9.08. The number of nitro benzene ring substituents is 1.